The van der Waals surface area contributed by atoms with E-state index >= 15 is 0 Å². The Labute approximate surface area is 95.5 Å². The average molecular weight is 216 g/mol. The Morgan fingerprint density at radius 1 is 1.19 bits per heavy atom. The highest BCUT2D eigenvalue weighted by atomic mass is 16.3. The van der Waals surface area contributed by atoms with Crippen LogP contribution in [0.1, 0.15) is 12.7 Å². The summed E-state index contributed by atoms with van der Waals surface area (Å²) in [6.45, 7) is 3.84. The summed E-state index contributed by atoms with van der Waals surface area (Å²) in [4.78, 5) is 2.23. The summed E-state index contributed by atoms with van der Waals surface area (Å²) < 4.78 is 5.34. The maximum absolute atomic E-state index is 5.67. The molecule has 0 radical (unpaired) electrons. The number of hydrogen-bond acceptors (Lipinski definition) is 3. The number of nitrogens with zero attached hydrogens (tertiary/aromatic N) is 1. The molecule has 0 saturated carbocycles. The van der Waals surface area contributed by atoms with Gasteiger partial charge in [0.15, 0.2) is 0 Å². The Morgan fingerprint density at radius 3 is 2.50 bits per heavy atom. The lowest BCUT2D eigenvalue weighted by Crippen LogP contribution is -2.21. The van der Waals surface area contributed by atoms with Crippen molar-refractivity contribution in [2.45, 2.75) is 13.5 Å². The molecule has 0 aliphatic heterocycles. The van der Waals surface area contributed by atoms with E-state index in [0.717, 1.165) is 30.2 Å². The summed E-state index contributed by atoms with van der Waals surface area (Å²) in [5, 5.41) is 0. The fourth-order valence-electron chi connectivity index (χ4n) is 1.66. The predicted octanol–water partition coefficient (Wildman–Crippen LogP) is 2.89. The maximum Gasteiger partial charge on any atom is 0.123 e. The van der Waals surface area contributed by atoms with Gasteiger partial charge in [-0.3, -0.25) is 0 Å². The van der Waals surface area contributed by atoms with E-state index in [0.29, 0.717) is 0 Å². The van der Waals surface area contributed by atoms with Crippen LogP contribution in [-0.2, 0) is 6.54 Å². The van der Waals surface area contributed by atoms with Crippen LogP contribution in [0.4, 0.5) is 11.4 Å². The first-order chi connectivity index (χ1) is 7.79. The molecule has 0 saturated heterocycles. The molecule has 2 rings (SSSR count). The topological polar surface area (TPSA) is 42.4 Å². The Hall–Kier alpha value is -1.90. The smallest absolute Gasteiger partial charge is 0.123 e. The molecule has 3 nitrogen and oxygen atoms in total. The van der Waals surface area contributed by atoms with Gasteiger partial charge in [-0.2, -0.15) is 0 Å². The Morgan fingerprint density at radius 2 is 1.94 bits per heavy atom. The van der Waals surface area contributed by atoms with Crippen molar-refractivity contribution in [3.63, 3.8) is 0 Å². The van der Waals surface area contributed by atoms with E-state index in [4.69, 9.17) is 10.2 Å². The number of rotatable bonds is 4. The highest BCUT2D eigenvalue weighted by Gasteiger charge is 2.06. The van der Waals surface area contributed by atoms with Crippen LogP contribution in [0.2, 0.25) is 0 Å². The average Bonchev–Trinajstić information content (AvgIpc) is 2.80. The van der Waals surface area contributed by atoms with Gasteiger partial charge in [0.2, 0.25) is 0 Å². The number of hydrogen-bond donors (Lipinski definition) is 1. The summed E-state index contributed by atoms with van der Waals surface area (Å²) in [5.74, 6) is 0.971. The fourth-order valence-corrected chi connectivity index (χ4v) is 1.66. The molecule has 1 aromatic heterocycles. The van der Waals surface area contributed by atoms with E-state index in [1.807, 2.05) is 36.4 Å². The van der Waals surface area contributed by atoms with Gasteiger partial charge in [-0.05, 0) is 43.3 Å². The van der Waals surface area contributed by atoms with Crippen molar-refractivity contribution >= 4 is 11.4 Å². The largest absolute Gasteiger partial charge is 0.467 e. The van der Waals surface area contributed by atoms with Crippen LogP contribution in [0.3, 0.4) is 0 Å². The van der Waals surface area contributed by atoms with E-state index < -0.39 is 0 Å². The minimum atomic E-state index is 0.785. The molecule has 0 aliphatic carbocycles. The lowest BCUT2D eigenvalue weighted by Gasteiger charge is -2.21. The van der Waals surface area contributed by atoms with Gasteiger partial charge in [-0.1, -0.05) is 0 Å². The van der Waals surface area contributed by atoms with Gasteiger partial charge < -0.3 is 15.1 Å². The number of nitrogens with two attached hydrogens (primary N) is 1. The van der Waals surface area contributed by atoms with E-state index in [2.05, 4.69) is 11.8 Å². The number of benzene rings is 1. The molecular formula is C13H16N2O. The molecule has 16 heavy (non-hydrogen) atoms. The van der Waals surface area contributed by atoms with Crippen LogP contribution >= 0.6 is 0 Å². The first kappa shape index (κ1) is 10.6. The minimum absolute atomic E-state index is 0.785. The minimum Gasteiger partial charge on any atom is -0.467 e. The lowest BCUT2D eigenvalue weighted by atomic mass is 10.2. The molecule has 1 aromatic carbocycles. The van der Waals surface area contributed by atoms with Gasteiger partial charge >= 0.3 is 0 Å². The predicted molar refractivity (Wildman–Crippen MR) is 66.3 cm³/mol. The van der Waals surface area contributed by atoms with Crippen LogP contribution in [0.5, 0.6) is 0 Å². The Bertz CT molecular complexity index is 420. The van der Waals surface area contributed by atoms with Gasteiger partial charge in [0.25, 0.3) is 0 Å². The second-order valence-corrected chi connectivity index (χ2v) is 3.69. The third-order valence-electron chi connectivity index (χ3n) is 2.57. The molecular weight excluding hydrogens is 200 g/mol. The van der Waals surface area contributed by atoms with E-state index in [-0.39, 0.29) is 0 Å². The number of furan rings is 1. The third kappa shape index (κ3) is 2.37. The Balaban J connectivity index is 2.13. The molecule has 0 spiro atoms. The lowest BCUT2D eigenvalue weighted by molar-refractivity contribution is 0.503. The molecule has 0 atom stereocenters. The van der Waals surface area contributed by atoms with Crippen LogP contribution in [0, 0.1) is 0 Å². The second kappa shape index (κ2) is 4.75. The zero-order chi connectivity index (χ0) is 11.4. The molecule has 1 heterocycles. The van der Waals surface area contributed by atoms with Crippen molar-refractivity contribution in [1.82, 2.24) is 0 Å². The second-order valence-electron chi connectivity index (χ2n) is 3.69. The zero-order valence-electron chi connectivity index (χ0n) is 9.39. The van der Waals surface area contributed by atoms with Crippen molar-refractivity contribution in [2.24, 2.45) is 0 Å². The maximum atomic E-state index is 5.67. The van der Waals surface area contributed by atoms with Crippen LogP contribution in [-0.4, -0.2) is 6.54 Å². The normalized spacial score (nSPS) is 10.3. The summed E-state index contributed by atoms with van der Waals surface area (Å²) >= 11 is 0. The highest BCUT2D eigenvalue weighted by molar-refractivity contribution is 5.53. The van der Waals surface area contributed by atoms with Crippen LogP contribution in [0.15, 0.2) is 47.1 Å². The number of anilines is 2. The number of nitrogen functional groups attached to an aromatic ring is 1. The molecule has 3 heteroatoms. The molecule has 0 bridgehead atoms. The molecule has 0 unspecified atom stereocenters. The fraction of sp³-hybridized carbons (Fsp3) is 0.231. The molecule has 0 aliphatic rings. The summed E-state index contributed by atoms with van der Waals surface area (Å²) in [6.07, 6.45) is 1.70. The van der Waals surface area contributed by atoms with Crippen molar-refractivity contribution in [2.75, 3.05) is 17.2 Å². The zero-order valence-corrected chi connectivity index (χ0v) is 9.39. The molecule has 84 valence electrons. The molecule has 2 N–H and O–H groups in total. The molecule has 0 fully saturated rings. The SMILES string of the molecule is CCN(Cc1ccco1)c1ccc(N)cc1. The van der Waals surface area contributed by atoms with Gasteiger partial charge in [0.05, 0.1) is 12.8 Å². The first-order valence-corrected chi connectivity index (χ1v) is 5.42. The standard InChI is InChI=1S/C13H16N2O/c1-2-15(10-13-4-3-9-16-13)12-7-5-11(14)6-8-12/h3-9H,2,10,14H2,1H3. The first-order valence-electron chi connectivity index (χ1n) is 5.42. The van der Waals surface area contributed by atoms with Crippen LogP contribution < -0.4 is 10.6 Å². The summed E-state index contributed by atoms with van der Waals surface area (Å²) in [6, 6.07) is 11.8. The van der Waals surface area contributed by atoms with Gasteiger partial charge in [0, 0.05) is 17.9 Å². The highest BCUT2D eigenvalue weighted by Crippen LogP contribution is 2.18. The van der Waals surface area contributed by atoms with Crippen LogP contribution in [0.25, 0.3) is 0 Å². The third-order valence-corrected chi connectivity index (χ3v) is 2.57. The van der Waals surface area contributed by atoms with Gasteiger partial charge in [-0.15, -0.1) is 0 Å². The van der Waals surface area contributed by atoms with Crippen molar-refractivity contribution < 1.29 is 4.42 Å². The van der Waals surface area contributed by atoms with Crippen molar-refractivity contribution in [3.05, 3.63) is 48.4 Å². The quantitative estimate of drug-likeness (QED) is 0.799. The van der Waals surface area contributed by atoms with Gasteiger partial charge in [-0.25, -0.2) is 0 Å². The summed E-state index contributed by atoms with van der Waals surface area (Å²) in [7, 11) is 0. The summed E-state index contributed by atoms with van der Waals surface area (Å²) in [5.41, 5.74) is 7.62. The van der Waals surface area contributed by atoms with Crippen molar-refractivity contribution in [1.29, 1.82) is 0 Å². The van der Waals surface area contributed by atoms with E-state index in [9.17, 15) is 0 Å². The molecule has 2 aromatic rings. The Kier molecular flexibility index (Phi) is 3.15. The van der Waals surface area contributed by atoms with Gasteiger partial charge in [0.1, 0.15) is 5.76 Å². The monoisotopic (exact) mass is 216 g/mol. The molecule has 0 amide bonds. The van der Waals surface area contributed by atoms with E-state index in [1.165, 1.54) is 0 Å². The van der Waals surface area contributed by atoms with Crippen molar-refractivity contribution in [3.8, 4) is 0 Å². The van der Waals surface area contributed by atoms with E-state index in [1.54, 1.807) is 6.26 Å².